The number of carbonyl (C=O) groups is 2. The lowest BCUT2D eigenvalue weighted by Crippen LogP contribution is -2.21. The van der Waals surface area contributed by atoms with Gasteiger partial charge in [-0.3, -0.25) is 4.79 Å². The monoisotopic (exact) mass is 292 g/mol. The van der Waals surface area contributed by atoms with Gasteiger partial charge in [-0.15, -0.1) is 11.3 Å². The van der Waals surface area contributed by atoms with Gasteiger partial charge in [-0.05, 0) is 31.4 Å². The molecule has 0 aliphatic heterocycles. The maximum absolute atomic E-state index is 11.9. The molecule has 0 atom stereocenters. The molecule has 2 rings (SSSR count). The Labute approximate surface area is 121 Å². The second-order valence-corrected chi connectivity index (χ2v) is 5.53. The van der Waals surface area contributed by atoms with Crippen LogP contribution in [0.5, 0.6) is 0 Å². The number of carbonyl (C=O) groups excluding carboxylic acids is 2. The fraction of sp³-hybridized carbons (Fsp3) is 0.286. The average molecular weight is 292 g/mol. The standard InChI is InChI=1S/C14H16N2O3S/c1-9-6-12(14(18)19-8-13(15)17)10(2)16(9)7-11-4-3-5-20-11/h3-6H,7-8H2,1-2H3,(H2,15,17). The van der Waals surface area contributed by atoms with Crippen molar-refractivity contribution < 1.29 is 14.3 Å². The Morgan fingerprint density at radius 3 is 2.75 bits per heavy atom. The van der Waals surface area contributed by atoms with E-state index in [1.165, 1.54) is 4.88 Å². The van der Waals surface area contributed by atoms with Gasteiger partial charge in [0, 0.05) is 16.3 Å². The zero-order chi connectivity index (χ0) is 14.7. The van der Waals surface area contributed by atoms with E-state index in [1.54, 1.807) is 17.4 Å². The van der Waals surface area contributed by atoms with Crippen molar-refractivity contribution in [3.05, 3.63) is 45.4 Å². The predicted molar refractivity (Wildman–Crippen MR) is 76.8 cm³/mol. The van der Waals surface area contributed by atoms with E-state index in [9.17, 15) is 9.59 Å². The molecule has 2 N–H and O–H groups in total. The molecule has 0 saturated heterocycles. The highest BCUT2D eigenvalue weighted by Crippen LogP contribution is 2.19. The van der Waals surface area contributed by atoms with Crippen molar-refractivity contribution in [2.75, 3.05) is 6.61 Å². The number of hydrogen-bond acceptors (Lipinski definition) is 4. The molecule has 0 aliphatic carbocycles. The zero-order valence-electron chi connectivity index (χ0n) is 11.4. The summed E-state index contributed by atoms with van der Waals surface area (Å²) in [6, 6.07) is 5.82. The van der Waals surface area contributed by atoms with Gasteiger partial charge >= 0.3 is 5.97 Å². The highest BCUT2D eigenvalue weighted by Gasteiger charge is 2.17. The summed E-state index contributed by atoms with van der Waals surface area (Å²) in [4.78, 5) is 23.8. The van der Waals surface area contributed by atoms with Crippen molar-refractivity contribution in [2.24, 2.45) is 5.73 Å². The molecule has 2 heterocycles. The van der Waals surface area contributed by atoms with Crippen molar-refractivity contribution in [1.29, 1.82) is 0 Å². The fourth-order valence-corrected chi connectivity index (χ4v) is 2.72. The number of esters is 1. The third-order valence-electron chi connectivity index (χ3n) is 3.03. The summed E-state index contributed by atoms with van der Waals surface area (Å²) in [7, 11) is 0. The molecule has 2 aromatic heterocycles. The van der Waals surface area contributed by atoms with Gasteiger partial charge in [-0.1, -0.05) is 6.07 Å². The number of aryl methyl sites for hydroxylation is 1. The van der Waals surface area contributed by atoms with Gasteiger partial charge in [0.05, 0.1) is 12.1 Å². The van der Waals surface area contributed by atoms with Crippen molar-refractivity contribution in [3.63, 3.8) is 0 Å². The first kappa shape index (κ1) is 14.3. The summed E-state index contributed by atoms with van der Waals surface area (Å²) in [5.74, 6) is -1.18. The molecular formula is C14H16N2O3S. The van der Waals surface area contributed by atoms with Crippen LogP contribution in [0, 0.1) is 13.8 Å². The summed E-state index contributed by atoms with van der Waals surface area (Å²) in [6.45, 7) is 4.12. The van der Waals surface area contributed by atoms with Crippen molar-refractivity contribution in [3.8, 4) is 0 Å². The molecule has 0 fully saturated rings. The number of nitrogens with zero attached hydrogens (tertiary/aromatic N) is 1. The molecule has 0 aromatic carbocycles. The predicted octanol–water partition coefficient (Wildman–Crippen LogP) is 1.86. The molecule has 2 aromatic rings. The topological polar surface area (TPSA) is 74.3 Å². The second-order valence-electron chi connectivity index (χ2n) is 4.49. The maximum Gasteiger partial charge on any atom is 0.340 e. The second kappa shape index (κ2) is 5.92. The molecule has 0 spiro atoms. The molecule has 20 heavy (non-hydrogen) atoms. The van der Waals surface area contributed by atoms with Gasteiger partial charge in [0.2, 0.25) is 0 Å². The molecule has 0 unspecified atom stereocenters. The van der Waals surface area contributed by atoms with Gasteiger partial charge in [0.25, 0.3) is 5.91 Å². The Bertz CT molecular complexity index is 629. The number of amides is 1. The summed E-state index contributed by atoms with van der Waals surface area (Å²) in [5, 5.41) is 2.02. The molecule has 0 aliphatic rings. The van der Waals surface area contributed by atoms with Crippen LogP contribution >= 0.6 is 11.3 Å². The fourth-order valence-electron chi connectivity index (χ4n) is 2.02. The van der Waals surface area contributed by atoms with Gasteiger partial charge < -0.3 is 15.0 Å². The summed E-state index contributed by atoms with van der Waals surface area (Å²) in [5.41, 5.74) is 7.23. The lowest BCUT2D eigenvalue weighted by molar-refractivity contribution is -0.121. The van der Waals surface area contributed by atoms with Crippen LogP contribution in [0.2, 0.25) is 0 Å². The normalized spacial score (nSPS) is 10.5. The molecule has 0 bridgehead atoms. The van der Waals surface area contributed by atoms with E-state index < -0.39 is 18.5 Å². The van der Waals surface area contributed by atoms with E-state index >= 15 is 0 Å². The van der Waals surface area contributed by atoms with E-state index in [0.717, 1.165) is 17.9 Å². The van der Waals surface area contributed by atoms with Gasteiger partial charge in [-0.2, -0.15) is 0 Å². The Morgan fingerprint density at radius 2 is 2.15 bits per heavy atom. The highest BCUT2D eigenvalue weighted by atomic mass is 32.1. The lowest BCUT2D eigenvalue weighted by Gasteiger charge is -2.08. The number of hydrogen-bond donors (Lipinski definition) is 1. The number of rotatable bonds is 5. The van der Waals surface area contributed by atoms with E-state index in [2.05, 4.69) is 6.07 Å². The van der Waals surface area contributed by atoms with Crippen molar-refractivity contribution in [1.82, 2.24) is 4.57 Å². The number of thiophene rings is 1. The minimum atomic E-state index is -0.661. The third kappa shape index (κ3) is 3.08. The maximum atomic E-state index is 11.9. The van der Waals surface area contributed by atoms with Gasteiger partial charge in [0.15, 0.2) is 6.61 Å². The summed E-state index contributed by atoms with van der Waals surface area (Å²) >= 11 is 1.67. The molecular weight excluding hydrogens is 276 g/mol. The summed E-state index contributed by atoms with van der Waals surface area (Å²) in [6.07, 6.45) is 0. The van der Waals surface area contributed by atoms with Crippen LogP contribution in [0.1, 0.15) is 26.6 Å². The van der Waals surface area contributed by atoms with E-state index in [-0.39, 0.29) is 0 Å². The minimum absolute atomic E-state index is 0.395. The number of nitrogens with two attached hydrogens (primary N) is 1. The molecule has 106 valence electrons. The van der Waals surface area contributed by atoms with Crippen LogP contribution < -0.4 is 5.73 Å². The Balaban J connectivity index is 2.20. The third-order valence-corrected chi connectivity index (χ3v) is 3.89. The van der Waals surface area contributed by atoms with Crippen molar-refractivity contribution in [2.45, 2.75) is 20.4 Å². The van der Waals surface area contributed by atoms with E-state index in [0.29, 0.717) is 5.56 Å². The van der Waals surface area contributed by atoms with Crippen LogP contribution in [-0.2, 0) is 16.1 Å². The van der Waals surface area contributed by atoms with Crippen LogP contribution in [0.3, 0.4) is 0 Å². The van der Waals surface area contributed by atoms with Gasteiger partial charge in [-0.25, -0.2) is 4.79 Å². The lowest BCUT2D eigenvalue weighted by atomic mass is 10.2. The Hall–Kier alpha value is -2.08. The number of ether oxygens (including phenoxy) is 1. The van der Waals surface area contributed by atoms with E-state index in [4.69, 9.17) is 10.5 Å². The first-order chi connectivity index (χ1) is 9.49. The number of primary amides is 1. The molecule has 1 amide bonds. The largest absolute Gasteiger partial charge is 0.452 e. The average Bonchev–Trinajstić information content (AvgIpc) is 2.99. The Morgan fingerprint density at radius 1 is 1.40 bits per heavy atom. The van der Waals surface area contributed by atoms with E-state index in [1.807, 2.05) is 29.9 Å². The molecule has 0 radical (unpaired) electrons. The molecule has 0 saturated carbocycles. The highest BCUT2D eigenvalue weighted by molar-refractivity contribution is 7.09. The molecule has 5 nitrogen and oxygen atoms in total. The van der Waals surface area contributed by atoms with Crippen molar-refractivity contribution >= 4 is 23.2 Å². The summed E-state index contributed by atoms with van der Waals surface area (Å²) < 4.78 is 6.90. The number of aromatic nitrogens is 1. The minimum Gasteiger partial charge on any atom is -0.452 e. The van der Waals surface area contributed by atoms with Crippen LogP contribution in [0.15, 0.2) is 23.6 Å². The van der Waals surface area contributed by atoms with Crippen LogP contribution in [0.4, 0.5) is 0 Å². The smallest absolute Gasteiger partial charge is 0.340 e. The van der Waals surface area contributed by atoms with Gasteiger partial charge in [0.1, 0.15) is 0 Å². The first-order valence-electron chi connectivity index (χ1n) is 6.13. The van der Waals surface area contributed by atoms with Crippen LogP contribution in [-0.4, -0.2) is 23.1 Å². The SMILES string of the molecule is Cc1cc(C(=O)OCC(N)=O)c(C)n1Cc1cccs1. The quantitative estimate of drug-likeness (QED) is 0.855. The first-order valence-corrected chi connectivity index (χ1v) is 7.01. The Kier molecular flexibility index (Phi) is 4.24. The zero-order valence-corrected chi connectivity index (χ0v) is 12.2. The van der Waals surface area contributed by atoms with Crippen LogP contribution in [0.25, 0.3) is 0 Å². The molecule has 6 heteroatoms.